The van der Waals surface area contributed by atoms with E-state index < -0.39 is 4.92 Å². The van der Waals surface area contributed by atoms with Gasteiger partial charge in [0.2, 0.25) is 0 Å². The highest BCUT2D eigenvalue weighted by Gasteiger charge is 2.12. The number of benzene rings is 2. The lowest BCUT2D eigenvalue weighted by molar-refractivity contribution is -0.384. The number of nitrogens with one attached hydrogen (secondary N) is 1. The molecular weight excluding hydrogens is 338 g/mol. The van der Waals surface area contributed by atoms with Crippen LogP contribution < -0.4 is 5.32 Å². The molecule has 4 aromatic rings. The summed E-state index contributed by atoms with van der Waals surface area (Å²) >= 11 is 1.49. The predicted molar refractivity (Wildman–Crippen MR) is 97.0 cm³/mol. The number of hydrogen-bond donors (Lipinski definition) is 1. The van der Waals surface area contributed by atoms with Gasteiger partial charge in [0, 0.05) is 23.4 Å². The maximum atomic E-state index is 10.7. The second-order valence-corrected chi connectivity index (χ2v) is 6.17. The quantitative estimate of drug-likeness (QED) is 0.433. The molecule has 0 aliphatic carbocycles. The number of rotatable bonds is 4. The smallest absolute Gasteiger partial charge is 0.269 e. The summed E-state index contributed by atoms with van der Waals surface area (Å²) in [6.07, 6.45) is 1.48. The van der Waals surface area contributed by atoms with Crippen molar-refractivity contribution in [3.8, 4) is 10.6 Å². The molecule has 0 amide bonds. The van der Waals surface area contributed by atoms with Crippen molar-refractivity contribution in [1.29, 1.82) is 0 Å². The molecule has 4 rings (SSSR count). The summed E-state index contributed by atoms with van der Waals surface area (Å²) < 4.78 is 0. The first-order valence-electron chi connectivity index (χ1n) is 7.39. The fourth-order valence-corrected chi connectivity index (χ4v) is 3.27. The highest BCUT2D eigenvalue weighted by Crippen LogP contribution is 2.32. The molecule has 2 heterocycles. The second kappa shape index (κ2) is 6.25. The van der Waals surface area contributed by atoms with E-state index in [4.69, 9.17) is 0 Å². The van der Waals surface area contributed by atoms with E-state index in [1.807, 2.05) is 30.3 Å². The van der Waals surface area contributed by atoms with Crippen LogP contribution in [0.15, 0.2) is 60.9 Å². The van der Waals surface area contributed by atoms with Gasteiger partial charge in [-0.2, -0.15) is 0 Å². The van der Waals surface area contributed by atoms with E-state index >= 15 is 0 Å². The Labute approximate surface area is 146 Å². The van der Waals surface area contributed by atoms with Gasteiger partial charge < -0.3 is 5.32 Å². The van der Waals surface area contributed by atoms with Crippen LogP contribution in [0.1, 0.15) is 0 Å². The van der Waals surface area contributed by atoms with Gasteiger partial charge in [-0.1, -0.05) is 41.7 Å². The average Bonchev–Trinajstić information content (AvgIpc) is 3.08. The van der Waals surface area contributed by atoms with Crippen molar-refractivity contribution in [2.75, 3.05) is 5.32 Å². The summed E-state index contributed by atoms with van der Waals surface area (Å²) in [5.74, 6) is 0.567. The molecular formula is C17H11N5O2S. The molecule has 0 bridgehead atoms. The lowest BCUT2D eigenvalue weighted by Crippen LogP contribution is -1.96. The standard InChI is InChI=1S/C17H11N5O2S/c23-22(24)13-8-6-12(7-9-13)20-15-14-17(19-10-18-15)25-16(21-14)11-4-2-1-3-5-11/h1-10H,(H,18,19,20). The Kier molecular flexibility index (Phi) is 3.79. The molecule has 0 fully saturated rings. The molecule has 0 spiro atoms. The minimum atomic E-state index is -0.431. The third-order valence-electron chi connectivity index (χ3n) is 3.56. The first-order chi connectivity index (χ1) is 12.2. The molecule has 2 aromatic carbocycles. The maximum Gasteiger partial charge on any atom is 0.269 e. The van der Waals surface area contributed by atoms with Crippen molar-refractivity contribution in [3.05, 3.63) is 71.0 Å². The molecule has 1 N–H and O–H groups in total. The maximum absolute atomic E-state index is 10.7. The lowest BCUT2D eigenvalue weighted by atomic mass is 10.2. The molecule has 0 aliphatic rings. The zero-order valence-electron chi connectivity index (χ0n) is 12.8. The van der Waals surface area contributed by atoms with Gasteiger partial charge >= 0.3 is 0 Å². The third kappa shape index (κ3) is 3.02. The Morgan fingerprint density at radius 2 is 1.76 bits per heavy atom. The normalized spacial score (nSPS) is 10.7. The first-order valence-corrected chi connectivity index (χ1v) is 8.21. The van der Waals surface area contributed by atoms with Gasteiger partial charge in [-0.25, -0.2) is 15.0 Å². The summed E-state index contributed by atoms with van der Waals surface area (Å²) in [4.78, 5) is 24.3. The van der Waals surface area contributed by atoms with E-state index in [1.165, 1.54) is 29.8 Å². The van der Waals surface area contributed by atoms with Crippen molar-refractivity contribution in [3.63, 3.8) is 0 Å². The number of anilines is 2. The highest BCUT2D eigenvalue weighted by atomic mass is 32.1. The minimum Gasteiger partial charge on any atom is -0.338 e. The molecule has 8 heteroatoms. The minimum absolute atomic E-state index is 0.0402. The first kappa shape index (κ1) is 15.2. The molecule has 25 heavy (non-hydrogen) atoms. The molecule has 0 saturated heterocycles. The van der Waals surface area contributed by atoms with Crippen molar-refractivity contribution in [2.45, 2.75) is 0 Å². The second-order valence-electron chi connectivity index (χ2n) is 5.19. The van der Waals surface area contributed by atoms with E-state index in [0.717, 1.165) is 15.4 Å². The van der Waals surface area contributed by atoms with Crippen LogP contribution in [0.25, 0.3) is 20.9 Å². The third-order valence-corrected chi connectivity index (χ3v) is 4.57. The zero-order chi connectivity index (χ0) is 17.2. The number of thiazole rings is 1. The van der Waals surface area contributed by atoms with Crippen LogP contribution in [-0.4, -0.2) is 19.9 Å². The van der Waals surface area contributed by atoms with Gasteiger partial charge in [0.25, 0.3) is 5.69 Å². The summed E-state index contributed by atoms with van der Waals surface area (Å²) in [6, 6.07) is 16.0. The SMILES string of the molecule is O=[N+]([O-])c1ccc(Nc2ncnc3sc(-c4ccccc4)nc23)cc1. The fraction of sp³-hybridized carbons (Fsp3) is 0. The molecule has 0 radical (unpaired) electrons. The fourth-order valence-electron chi connectivity index (χ4n) is 2.35. The predicted octanol–water partition coefficient (Wildman–Crippen LogP) is 4.41. The Morgan fingerprint density at radius 3 is 2.48 bits per heavy atom. The highest BCUT2D eigenvalue weighted by molar-refractivity contribution is 7.21. The van der Waals surface area contributed by atoms with Gasteiger partial charge in [0.15, 0.2) is 5.82 Å². The van der Waals surface area contributed by atoms with Crippen LogP contribution in [0.4, 0.5) is 17.2 Å². The van der Waals surface area contributed by atoms with E-state index in [2.05, 4.69) is 20.3 Å². The number of aromatic nitrogens is 3. The van der Waals surface area contributed by atoms with Gasteiger partial charge in [-0.15, -0.1) is 0 Å². The number of nitro benzene ring substituents is 1. The molecule has 0 aliphatic heterocycles. The molecule has 122 valence electrons. The van der Waals surface area contributed by atoms with Crippen molar-refractivity contribution in [2.24, 2.45) is 0 Å². The lowest BCUT2D eigenvalue weighted by Gasteiger charge is -2.05. The van der Waals surface area contributed by atoms with Gasteiger partial charge in [0.1, 0.15) is 21.7 Å². The summed E-state index contributed by atoms with van der Waals surface area (Å²) in [6.45, 7) is 0. The number of hydrogen-bond acceptors (Lipinski definition) is 7. The van der Waals surface area contributed by atoms with Gasteiger partial charge in [-0.05, 0) is 12.1 Å². The Morgan fingerprint density at radius 1 is 1.00 bits per heavy atom. The van der Waals surface area contributed by atoms with Crippen LogP contribution >= 0.6 is 11.3 Å². The van der Waals surface area contributed by atoms with Gasteiger partial charge in [-0.3, -0.25) is 10.1 Å². The van der Waals surface area contributed by atoms with E-state index in [9.17, 15) is 10.1 Å². The Hall–Kier alpha value is -3.39. The molecule has 0 atom stereocenters. The van der Waals surface area contributed by atoms with Crippen LogP contribution in [0, 0.1) is 10.1 Å². The van der Waals surface area contributed by atoms with Crippen molar-refractivity contribution < 1.29 is 4.92 Å². The van der Waals surface area contributed by atoms with Gasteiger partial charge in [0.05, 0.1) is 4.92 Å². The van der Waals surface area contributed by atoms with E-state index in [0.29, 0.717) is 17.0 Å². The van der Waals surface area contributed by atoms with Crippen molar-refractivity contribution >= 4 is 38.9 Å². The van der Waals surface area contributed by atoms with E-state index in [1.54, 1.807) is 12.1 Å². The van der Waals surface area contributed by atoms with Crippen LogP contribution in [0.3, 0.4) is 0 Å². The van der Waals surface area contributed by atoms with E-state index in [-0.39, 0.29) is 5.69 Å². The largest absolute Gasteiger partial charge is 0.338 e. The summed E-state index contributed by atoms with van der Waals surface area (Å²) in [7, 11) is 0. The summed E-state index contributed by atoms with van der Waals surface area (Å²) in [5.41, 5.74) is 2.43. The molecule has 2 aromatic heterocycles. The van der Waals surface area contributed by atoms with Crippen LogP contribution in [-0.2, 0) is 0 Å². The topological polar surface area (TPSA) is 93.8 Å². The summed E-state index contributed by atoms with van der Waals surface area (Å²) in [5, 5.41) is 14.8. The molecule has 0 saturated carbocycles. The monoisotopic (exact) mass is 349 g/mol. The number of non-ortho nitro benzene ring substituents is 1. The number of nitro groups is 1. The molecule has 7 nitrogen and oxygen atoms in total. The van der Waals surface area contributed by atoms with Crippen molar-refractivity contribution in [1.82, 2.24) is 15.0 Å². The Bertz CT molecular complexity index is 1050. The Balaban J connectivity index is 1.70. The average molecular weight is 349 g/mol. The van der Waals surface area contributed by atoms with Crippen LogP contribution in [0.5, 0.6) is 0 Å². The van der Waals surface area contributed by atoms with Crippen LogP contribution in [0.2, 0.25) is 0 Å². The number of fused-ring (bicyclic) bond motifs is 1. The molecule has 0 unspecified atom stereocenters. The number of nitrogens with zero attached hydrogens (tertiary/aromatic N) is 4. The zero-order valence-corrected chi connectivity index (χ0v) is 13.6.